The van der Waals surface area contributed by atoms with Crippen LogP contribution >= 0.6 is 15.9 Å². The molecule has 0 aliphatic carbocycles. The van der Waals surface area contributed by atoms with Gasteiger partial charge in [0.1, 0.15) is 0 Å². The summed E-state index contributed by atoms with van der Waals surface area (Å²) in [7, 11) is -3.57. The van der Waals surface area contributed by atoms with E-state index in [9.17, 15) is 13.2 Å². The lowest BCUT2D eigenvalue weighted by Crippen LogP contribution is -2.41. The van der Waals surface area contributed by atoms with Crippen molar-refractivity contribution in [2.75, 3.05) is 6.26 Å². The first kappa shape index (κ1) is 17.5. The second kappa shape index (κ2) is 6.87. The minimum absolute atomic E-state index is 0.271. The quantitative estimate of drug-likeness (QED) is 0.630. The molecule has 25 heavy (non-hydrogen) atoms. The van der Waals surface area contributed by atoms with Crippen LogP contribution in [0, 0.1) is 0 Å². The van der Waals surface area contributed by atoms with Crippen molar-refractivity contribution in [1.29, 1.82) is 0 Å². The number of sulfonamides is 1. The Labute approximate surface area is 152 Å². The predicted octanol–water partition coefficient (Wildman–Crippen LogP) is 2.25. The first-order valence-electron chi connectivity index (χ1n) is 7.11. The maximum absolute atomic E-state index is 12.4. The van der Waals surface area contributed by atoms with Gasteiger partial charge in [-0.1, -0.05) is 28.1 Å². The maximum Gasteiger partial charge on any atom is 0.267 e. The molecule has 2 aromatic heterocycles. The minimum Gasteiger partial charge on any atom is -0.274 e. The zero-order chi connectivity index (χ0) is 18.0. The van der Waals surface area contributed by atoms with E-state index >= 15 is 0 Å². The normalized spacial score (nSPS) is 11.4. The molecular weight excluding hydrogens is 408 g/mol. The van der Waals surface area contributed by atoms with E-state index in [4.69, 9.17) is 0 Å². The maximum atomic E-state index is 12.4. The first-order chi connectivity index (χ1) is 11.8. The fraction of sp³-hybridized carbons (Fsp3) is 0.0625. The molecule has 0 aliphatic rings. The third-order valence-corrected chi connectivity index (χ3v) is 4.35. The number of fused-ring (bicyclic) bond motifs is 1. The third kappa shape index (κ3) is 4.19. The number of aromatic nitrogens is 2. The number of hydrogen-bond donors (Lipinski definition) is 2. The van der Waals surface area contributed by atoms with Crippen LogP contribution in [0.5, 0.6) is 0 Å². The molecule has 2 heterocycles. The van der Waals surface area contributed by atoms with Gasteiger partial charge in [-0.25, -0.2) is 13.4 Å². The van der Waals surface area contributed by atoms with E-state index in [0.29, 0.717) is 16.6 Å². The van der Waals surface area contributed by atoms with Crippen molar-refractivity contribution >= 4 is 42.8 Å². The van der Waals surface area contributed by atoms with Crippen molar-refractivity contribution in [3.8, 4) is 11.3 Å². The summed E-state index contributed by atoms with van der Waals surface area (Å²) in [5.74, 6) is -0.593. The molecule has 9 heteroatoms. The Bertz CT molecular complexity index is 1050. The number of rotatable bonds is 4. The summed E-state index contributed by atoms with van der Waals surface area (Å²) in [4.78, 5) is 23.0. The van der Waals surface area contributed by atoms with Gasteiger partial charge in [-0.3, -0.25) is 15.2 Å². The molecule has 7 nitrogen and oxygen atoms in total. The standard InChI is InChI=1S/C16H13BrN4O3S/c1-25(23,24)21-20-16(22)12-8-15(10-2-4-11(17)5-3-10)19-14-6-7-18-9-13(12)14/h2-9,21H,1H3,(H,20,22). The molecule has 3 rings (SSSR count). The molecule has 128 valence electrons. The average Bonchev–Trinajstić information content (AvgIpc) is 2.58. The number of amides is 1. The van der Waals surface area contributed by atoms with Crippen molar-refractivity contribution in [1.82, 2.24) is 20.2 Å². The lowest BCUT2D eigenvalue weighted by atomic mass is 10.1. The highest BCUT2D eigenvalue weighted by Gasteiger charge is 2.15. The van der Waals surface area contributed by atoms with Gasteiger partial charge in [0.2, 0.25) is 10.0 Å². The molecule has 0 unspecified atom stereocenters. The Hall–Kier alpha value is -2.36. The second-order valence-corrected chi connectivity index (χ2v) is 7.95. The van der Waals surface area contributed by atoms with E-state index in [-0.39, 0.29) is 5.56 Å². The summed E-state index contributed by atoms with van der Waals surface area (Å²) in [6, 6.07) is 10.8. The molecule has 0 aliphatic heterocycles. The van der Waals surface area contributed by atoms with Gasteiger partial charge >= 0.3 is 0 Å². The van der Waals surface area contributed by atoms with Crippen molar-refractivity contribution in [2.45, 2.75) is 0 Å². The van der Waals surface area contributed by atoms with Gasteiger partial charge in [-0.05, 0) is 24.3 Å². The van der Waals surface area contributed by atoms with Crippen molar-refractivity contribution in [3.05, 3.63) is 58.8 Å². The van der Waals surface area contributed by atoms with E-state index in [0.717, 1.165) is 16.3 Å². The van der Waals surface area contributed by atoms with Gasteiger partial charge < -0.3 is 0 Å². The Balaban J connectivity index is 2.09. The number of benzene rings is 1. The van der Waals surface area contributed by atoms with Crippen LogP contribution in [-0.2, 0) is 10.0 Å². The summed E-state index contributed by atoms with van der Waals surface area (Å²) in [6.07, 6.45) is 4.05. The van der Waals surface area contributed by atoms with Gasteiger partial charge in [0.25, 0.3) is 5.91 Å². The number of carbonyl (C=O) groups is 1. The largest absolute Gasteiger partial charge is 0.274 e. The van der Waals surface area contributed by atoms with Crippen LogP contribution in [0.25, 0.3) is 22.2 Å². The van der Waals surface area contributed by atoms with Crippen molar-refractivity contribution in [3.63, 3.8) is 0 Å². The highest BCUT2D eigenvalue weighted by molar-refractivity contribution is 9.10. The van der Waals surface area contributed by atoms with Crippen molar-refractivity contribution < 1.29 is 13.2 Å². The van der Waals surface area contributed by atoms with Crippen LogP contribution in [0.3, 0.4) is 0 Å². The van der Waals surface area contributed by atoms with Crippen LogP contribution in [0.1, 0.15) is 10.4 Å². The van der Waals surface area contributed by atoms with Crippen LogP contribution in [0.15, 0.2) is 53.3 Å². The van der Waals surface area contributed by atoms with Gasteiger partial charge in [-0.15, -0.1) is 4.83 Å². The summed E-state index contributed by atoms with van der Waals surface area (Å²) in [5.41, 5.74) is 4.45. The van der Waals surface area contributed by atoms with E-state index in [1.807, 2.05) is 29.1 Å². The first-order valence-corrected chi connectivity index (χ1v) is 9.80. The lowest BCUT2D eigenvalue weighted by Gasteiger charge is -2.10. The smallest absolute Gasteiger partial charge is 0.267 e. The molecule has 2 N–H and O–H groups in total. The molecule has 3 aromatic rings. The van der Waals surface area contributed by atoms with E-state index in [1.165, 1.54) is 6.20 Å². The fourth-order valence-corrected chi connectivity index (χ4v) is 2.77. The molecule has 0 saturated carbocycles. The summed E-state index contributed by atoms with van der Waals surface area (Å²) >= 11 is 3.38. The Morgan fingerprint density at radius 2 is 1.88 bits per heavy atom. The second-order valence-electron chi connectivity index (χ2n) is 5.28. The SMILES string of the molecule is CS(=O)(=O)NNC(=O)c1cc(-c2ccc(Br)cc2)nc2ccncc12. The zero-order valence-electron chi connectivity index (χ0n) is 13.0. The summed E-state index contributed by atoms with van der Waals surface area (Å²) < 4.78 is 23.3. The Morgan fingerprint density at radius 3 is 2.56 bits per heavy atom. The average molecular weight is 421 g/mol. The Kier molecular flexibility index (Phi) is 4.80. The molecule has 0 radical (unpaired) electrons. The monoisotopic (exact) mass is 420 g/mol. The number of nitrogens with zero attached hydrogens (tertiary/aromatic N) is 2. The van der Waals surface area contributed by atoms with Gasteiger partial charge in [0, 0.05) is 27.8 Å². The number of halogens is 1. The van der Waals surface area contributed by atoms with E-state index in [1.54, 1.807) is 18.3 Å². The predicted molar refractivity (Wildman–Crippen MR) is 98.1 cm³/mol. The number of pyridine rings is 2. The van der Waals surface area contributed by atoms with Crippen LogP contribution < -0.4 is 10.3 Å². The van der Waals surface area contributed by atoms with Crippen LogP contribution in [0.4, 0.5) is 0 Å². The number of carbonyl (C=O) groups excluding carboxylic acids is 1. The fourth-order valence-electron chi connectivity index (χ4n) is 2.23. The van der Waals surface area contributed by atoms with E-state index in [2.05, 4.69) is 31.3 Å². The van der Waals surface area contributed by atoms with Gasteiger partial charge in [0.15, 0.2) is 0 Å². The molecule has 0 spiro atoms. The number of hydrazine groups is 1. The third-order valence-electron chi connectivity index (χ3n) is 3.34. The molecule has 1 aromatic carbocycles. The van der Waals surface area contributed by atoms with Gasteiger partial charge in [-0.2, -0.15) is 0 Å². The molecule has 0 fully saturated rings. The van der Waals surface area contributed by atoms with Crippen LogP contribution in [-0.4, -0.2) is 30.5 Å². The molecule has 0 atom stereocenters. The highest BCUT2D eigenvalue weighted by atomic mass is 79.9. The topological polar surface area (TPSA) is 101 Å². The lowest BCUT2D eigenvalue weighted by molar-refractivity contribution is 0.0947. The molecule has 0 bridgehead atoms. The Morgan fingerprint density at radius 1 is 1.16 bits per heavy atom. The van der Waals surface area contributed by atoms with Gasteiger partial charge in [0.05, 0.1) is 23.0 Å². The molecular formula is C16H13BrN4O3S. The molecule has 0 saturated heterocycles. The zero-order valence-corrected chi connectivity index (χ0v) is 15.4. The number of hydrogen-bond acceptors (Lipinski definition) is 5. The molecule has 1 amide bonds. The number of nitrogens with one attached hydrogen (secondary N) is 2. The highest BCUT2D eigenvalue weighted by Crippen LogP contribution is 2.25. The van der Waals surface area contributed by atoms with Crippen molar-refractivity contribution in [2.24, 2.45) is 0 Å². The van der Waals surface area contributed by atoms with Crippen LogP contribution in [0.2, 0.25) is 0 Å². The summed E-state index contributed by atoms with van der Waals surface area (Å²) in [5, 5.41) is 0.524. The summed E-state index contributed by atoms with van der Waals surface area (Å²) in [6.45, 7) is 0. The minimum atomic E-state index is -3.57. The van der Waals surface area contributed by atoms with E-state index < -0.39 is 15.9 Å².